The zero-order valence-electron chi connectivity index (χ0n) is 16.9. The minimum Gasteiger partial charge on any atom is -0.348 e. The van der Waals surface area contributed by atoms with Gasteiger partial charge in [0.15, 0.2) is 0 Å². The van der Waals surface area contributed by atoms with Gasteiger partial charge in [-0.2, -0.15) is 0 Å². The molecule has 5 nitrogen and oxygen atoms in total. The predicted molar refractivity (Wildman–Crippen MR) is 119 cm³/mol. The monoisotopic (exact) mass is 435 g/mol. The van der Waals surface area contributed by atoms with E-state index < -0.39 is 0 Å². The van der Waals surface area contributed by atoms with Crippen LogP contribution in [-0.2, 0) is 9.59 Å². The number of hydrogen-bond acceptors (Lipinski definition) is 3. The van der Waals surface area contributed by atoms with E-state index in [9.17, 15) is 9.59 Å². The number of benzene rings is 2. The Kier molecular flexibility index (Phi) is 8.96. The number of hydrogen-bond donors (Lipinski definition) is 2. The number of nitrogens with one attached hydrogen (secondary N) is 2. The zero-order valence-corrected chi connectivity index (χ0v) is 18.4. The highest BCUT2D eigenvalue weighted by molar-refractivity contribution is 6.39. The molecular formula is C22H27Cl2N3O2. The summed E-state index contributed by atoms with van der Waals surface area (Å²) in [4.78, 5) is 26.8. The third kappa shape index (κ3) is 7.03. The molecule has 0 radical (unpaired) electrons. The molecule has 0 spiro atoms. The van der Waals surface area contributed by atoms with E-state index >= 15 is 0 Å². The molecule has 1 unspecified atom stereocenters. The molecule has 0 saturated heterocycles. The molecule has 0 bridgehead atoms. The van der Waals surface area contributed by atoms with Gasteiger partial charge in [-0.3, -0.25) is 14.5 Å². The lowest BCUT2D eigenvalue weighted by Gasteiger charge is -2.25. The maximum Gasteiger partial charge on any atom is 0.238 e. The number of carbonyl (C=O) groups is 2. The number of anilines is 1. The average molecular weight is 436 g/mol. The van der Waals surface area contributed by atoms with Crippen LogP contribution >= 0.6 is 23.2 Å². The van der Waals surface area contributed by atoms with Gasteiger partial charge in [-0.05, 0) is 30.2 Å². The van der Waals surface area contributed by atoms with Gasteiger partial charge in [-0.25, -0.2) is 0 Å². The molecule has 2 aromatic carbocycles. The van der Waals surface area contributed by atoms with Crippen molar-refractivity contribution in [3.05, 3.63) is 64.1 Å². The normalized spacial score (nSPS) is 12.1. The van der Waals surface area contributed by atoms with Crippen LogP contribution in [0.3, 0.4) is 0 Å². The van der Waals surface area contributed by atoms with Crippen molar-refractivity contribution < 1.29 is 9.59 Å². The van der Waals surface area contributed by atoms with E-state index in [2.05, 4.69) is 24.5 Å². The lowest BCUT2D eigenvalue weighted by Crippen LogP contribution is -2.43. The summed E-state index contributed by atoms with van der Waals surface area (Å²) in [5.41, 5.74) is 1.44. The van der Waals surface area contributed by atoms with Crippen LogP contribution in [0.4, 0.5) is 5.69 Å². The van der Waals surface area contributed by atoms with E-state index in [4.69, 9.17) is 23.2 Å². The summed E-state index contributed by atoms with van der Waals surface area (Å²) in [6, 6.07) is 14.8. The van der Waals surface area contributed by atoms with Crippen molar-refractivity contribution in [2.75, 3.05) is 25.0 Å². The molecule has 1 atom stereocenters. The quantitative estimate of drug-likeness (QED) is 0.596. The van der Waals surface area contributed by atoms with Crippen LogP contribution in [0.15, 0.2) is 48.5 Å². The first-order chi connectivity index (χ1) is 13.8. The van der Waals surface area contributed by atoms with Crippen LogP contribution in [0.5, 0.6) is 0 Å². The van der Waals surface area contributed by atoms with Gasteiger partial charge in [0, 0.05) is 0 Å². The topological polar surface area (TPSA) is 61.4 Å². The van der Waals surface area contributed by atoms with E-state index in [1.807, 2.05) is 37.3 Å². The number of amides is 2. The Hall–Kier alpha value is -2.08. The van der Waals surface area contributed by atoms with Gasteiger partial charge < -0.3 is 10.6 Å². The Balaban J connectivity index is 1.96. The molecule has 2 aromatic rings. The molecule has 0 aliphatic carbocycles. The molecule has 2 rings (SSSR count). The molecule has 0 aromatic heterocycles. The molecule has 0 saturated carbocycles. The summed E-state index contributed by atoms with van der Waals surface area (Å²) < 4.78 is 0. The van der Waals surface area contributed by atoms with Gasteiger partial charge >= 0.3 is 0 Å². The van der Waals surface area contributed by atoms with Crippen LogP contribution in [0.1, 0.15) is 32.4 Å². The fraction of sp³-hybridized carbons (Fsp3) is 0.364. The van der Waals surface area contributed by atoms with Gasteiger partial charge in [0.2, 0.25) is 11.8 Å². The first-order valence-corrected chi connectivity index (χ1v) is 10.4. The molecule has 7 heteroatoms. The number of nitrogens with zero attached hydrogens (tertiary/aromatic N) is 1. The first kappa shape index (κ1) is 23.2. The Morgan fingerprint density at radius 2 is 1.52 bits per heavy atom. The maximum absolute atomic E-state index is 12.6. The second-order valence-electron chi connectivity index (χ2n) is 7.15. The molecule has 2 amide bonds. The Morgan fingerprint density at radius 3 is 2.07 bits per heavy atom. The van der Waals surface area contributed by atoms with Crippen LogP contribution < -0.4 is 10.6 Å². The third-order valence-electron chi connectivity index (χ3n) is 4.55. The highest BCUT2D eigenvalue weighted by atomic mass is 35.5. The minimum atomic E-state index is -0.280. The Morgan fingerprint density at radius 1 is 0.931 bits per heavy atom. The molecule has 0 fully saturated rings. The van der Waals surface area contributed by atoms with E-state index in [1.54, 1.807) is 23.1 Å². The smallest absolute Gasteiger partial charge is 0.238 e. The van der Waals surface area contributed by atoms with Crippen molar-refractivity contribution in [2.45, 2.75) is 26.8 Å². The third-order valence-corrected chi connectivity index (χ3v) is 5.18. The minimum absolute atomic E-state index is 0.0587. The van der Waals surface area contributed by atoms with Crippen molar-refractivity contribution in [2.24, 2.45) is 5.92 Å². The van der Waals surface area contributed by atoms with Crippen LogP contribution in [0, 0.1) is 5.92 Å². The molecular weight excluding hydrogens is 409 g/mol. The highest BCUT2D eigenvalue weighted by Crippen LogP contribution is 2.29. The van der Waals surface area contributed by atoms with E-state index in [0.717, 1.165) is 5.56 Å². The van der Waals surface area contributed by atoms with Crippen molar-refractivity contribution >= 4 is 40.7 Å². The van der Waals surface area contributed by atoms with Crippen molar-refractivity contribution in [3.8, 4) is 0 Å². The van der Waals surface area contributed by atoms with E-state index in [0.29, 0.717) is 22.3 Å². The van der Waals surface area contributed by atoms with Gasteiger partial charge in [0.05, 0.1) is 34.9 Å². The number of rotatable bonds is 9. The predicted octanol–water partition coefficient (Wildman–Crippen LogP) is 4.77. The summed E-state index contributed by atoms with van der Waals surface area (Å²) in [6.45, 7) is 6.76. The van der Waals surface area contributed by atoms with E-state index in [1.165, 1.54) is 0 Å². The van der Waals surface area contributed by atoms with Crippen LogP contribution in [0.2, 0.25) is 10.0 Å². The summed E-state index contributed by atoms with van der Waals surface area (Å²) in [7, 11) is 0. The summed E-state index contributed by atoms with van der Waals surface area (Å²) in [5, 5.41) is 6.55. The van der Waals surface area contributed by atoms with Crippen LogP contribution in [-0.4, -0.2) is 36.3 Å². The Labute approximate surface area is 182 Å². The Bertz CT molecular complexity index is 808. The summed E-state index contributed by atoms with van der Waals surface area (Å²) in [6.07, 6.45) is 0. The highest BCUT2D eigenvalue weighted by Gasteiger charge is 2.20. The second kappa shape index (κ2) is 11.2. The zero-order chi connectivity index (χ0) is 21.4. The molecule has 2 N–H and O–H groups in total. The molecule has 29 heavy (non-hydrogen) atoms. The fourth-order valence-corrected chi connectivity index (χ4v) is 3.49. The van der Waals surface area contributed by atoms with Crippen molar-refractivity contribution in [3.63, 3.8) is 0 Å². The number of halogens is 2. The standard InChI is InChI=1S/C22H27Cl2N3O2/c1-4-27(14-20(29)26-22-17(23)11-8-12-18(22)24)13-19(28)25-21(15(2)3)16-9-6-5-7-10-16/h5-12,15,21H,4,13-14H2,1-3H3,(H,25,28)(H,26,29). The van der Waals surface area contributed by atoms with Gasteiger partial charge in [-0.1, -0.05) is 80.4 Å². The number of carbonyl (C=O) groups excluding carboxylic acids is 2. The van der Waals surface area contributed by atoms with Crippen LogP contribution in [0.25, 0.3) is 0 Å². The molecule has 0 heterocycles. The molecule has 156 valence electrons. The summed E-state index contributed by atoms with van der Waals surface area (Å²) in [5.74, 6) is -0.168. The lowest BCUT2D eigenvalue weighted by molar-refractivity contribution is -0.124. The first-order valence-electron chi connectivity index (χ1n) is 9.62. The maximum atomic E-state index is 12.6. The fourth-order valence-electron chi connectivity index (χ4n) is 3.00. The van der Waals surface area contributed by atoms with Crippen molar-refractivity contribution in [1.29, 1.82) is 0 Å². The van der Waals surface area contributed by atoms with E-state index in [-0.39, 0.29) is 36.9 Å². The van der Waals surface area contributed by atoms with Gasteiger partial charge in [0.1, 0.15) is 0 Å². The molecule has 0 aliphatic heterocycles. The SMILES string of the molecule is CCN(CC(=O)Nc1c(Cl)cccc1Cl)CC(=O)NC(c1ccccc1)C(C)C. The van der Waals surface area contributed by atoms with Gasteiger partial charge in [-0.15, -0.1) is 0 Å². The second-order valence-corrected chi connectivity index (χ2v) is 7.96. The average Bonchev–Trinajstić information content (AvgIpc) is 2.69. The van der Waals surface area contributed by atoms with Crippen molar-refractivity contribution in [1.82, 2.24) is 10.2 Å². The van der Waals surface area contributed by atoms with Gasteiger partial charge in [0.25, 0.3) is 0 Å². The number of likely N-dealkylation sites (N-methyl/N-ethyl adjacent to an activating group) is 1. The molecule has 0 aliphatic rings. The largest absolute Gasteiger partial charge is 0.348 e. The lowest BCUT2D eigenvalue weighted by atomic mass is 9.96. The summed E-state index contributed by atoms with van der Waals surface area (Å²) >= 11 is 12.2. The number of para-hydroxylation sites is 1.